The molecule has 3 N–H and O–H groups in total. The minimum absolute atomic E-state index is 0.0566. The first-order valence-electron chi connectivity index (χ1n) is 14.0. The molecule has 0 heterocycles. The van der Waals surface area contributed by atoms with Gasteiger partial charge in [0.25, 0.3) is 0 Å². The SMILES string of the molecule is CCCCCCCCCCCCC(=O)OC(COC(=O)CCCCCCC)COP(=O)(O)OCCN. The van der Waals surface area contributed by atoms with Crippen molar-refractivity contribution in [2.45, 2.75) is 129 Å². The number of carbonyl (C=O) groups excluding carboxylic acids is 2. The van der Waals surface area contributed by atoms with E-state index in [0.717, 1.165) is 44.9 Å². The second-order valence-corrected chi connectivity index (χ2v) is 10.7. The molecule has 0 aliphatic carbocycles. The first-order chi connectivity index (χ1) is 17.3. The van der Waals surface area contributed by atoms with E-state index in [1.54, 1.807) is 0 Å². The summed E-state index contributed by atoms with van der Waals surface area (Å²) < 4.78 is 32.2. The van der Waals surface area contributed by atoms with Crippen molar-refractivity contribution in [1.29, 1.82) is 0 Å². The lowest BCUT2D eigenvalue weighted by Gasteiger charge is -2.19. The molecule has 0 radical (unpaired) electrons. The predicted molar refractivity (Wildman–Crippen MR) is 141 cm³/mol. The lowest BCUT2D eigenvalue weighted by Crippen LogP contribution is -2.29. The monoisotopic (exact) mass is 537 g/mol. The minimum Gasteiger partial charge on any atom is -0.462 e. The lowest BCUT2D eigenvalue weighted by molar-refractivity contribution is -0.161. The fourth-order valence-electron chi connectivity index (χ4n) is 3.63. The number of phosphoric ester groups is 1. The van der Waals surface area contributed by atoms with Gasteiger partial charge in [0.1, 0.15) is 6.61 Å². The molecule has 0 aromatic carbocycles. The molecular formula is C26H52NO8P. The number of carbonyl (C=O) groups is 2. The van der Waals surface area contributed by atoms with Crippen LogP contribution in [0.25, 0.3) is 0 Å². The van der Waals surface area contributed by atoms with E-state index in [2.05, 4.69) is 13.8 Å². The second kappa shape index (κ2) is 24.4. The van der Waals surface area contributed by atoms with Crippen molar-refractivity contribution >= 4 is 19.8 Å². The molecule has 0 fully saturated rings. The molecule has 0 aromatic rings. The molecule has 9 nitrogen and oxygen atoms in total. The average molecular weight is 538 g/mol. The number of rotatable bonds is 26. The molecule has 0 saturated carbocycles. The Morgan fingerprint density at radius 3 is 1.69 bits per heavy atom. The van der Waals surface area contributed by atoms with Crippen LogP contribution in [-0.2, 0) is 32.7 Å². The summed E-state index contributed by atoms with van der Waals surface area (Å²) >= 11 is 0. The van der Waals surface area contributed by atoms with E-state index in [4.69, 9.17) is 24.3 Å². The third kappa shape index (κ3) is 23.4. The lowest BCUT2D eigenvalue weighted by atomic mass is 10.1. The molecule has 0 aliphatic rings. The molecule has 10 heteroatoms. The topological polar surface area (TPSA) is 134 Å². The highest BCUT2D eigenvalue weighted by atomic mass is 31.2. The van der Waals surface area contributed by atoms with Gasteiger partial charge in [0, 0.05) is 19.4 Å². The summed E-state index contributed by atoms with van der Waals surface area (Å²) in [5, 5.41) is 0. The van der Waals surface area contributed by atoms with Gasteiger partial charge in [-0.25, -0.2) is 4.57 Å². The van der Waals surface area contributed by atoms with Crippen molar-refractivity contribution in [2.75, 3.05) is 26.4 Å². The molecule has 0 amide bonds. The Morgan fingerprint density at radius 2 is 1.19 bits per heavy atom. The molecule has 36 heavy (non-hydrogen) atoms. The second-order valence-electron chi connectivity index (χ2n) is 9.28. The standard InChI is InChI=1S/C26H52NO8P/c1-3-5-7-9-10-11-12-13-15-17-19-26(29)35-24(23-34-36(30,31)33-21-20-27)22-32-25(28)18-16-14-8-6-4-2/h24H,3-23,27H2,1-2H3,(H,30,31). The Hall–Kier alpha value is -0.990. The van der Waals surface area contributed by atoms with Crippen LogP contribution in [0, 0.1) is 0 Å². The zero-order valence-corrected chi connectivity index (χ0v) is 23.7. The zero-order chi connectivity index (χ0) is 26.9. The Labute approximate surface area is 218 Å². The quantitative estimate of drug-likeness (QED) is 0.0750. The van der Waals surface area contributed by atoms with Crippen LogP contribution < -0.4 is 5.73 Å². The van der Waals surface area contributed by atoms with Crippen LogP contribution in [0.3, 0.4) is 0 Å². The largest absolute Gasteiger partial charge is 0.472 e. The van der Waals surface area contributed by atoms with E-state index in [1.165, 1.54) is 44.9 Å². The summed E-state index contributed by atoms with van der Waals surface area (Å²) in [6.07, 6.45) is 16.1. The zero-order valence-electron chi connectivity index (χ0n) is 22.8. The van der Waals surface area contributed by atoms with E-state index in [0.29, 0.717) is 6.42 Å². The molecule has 0 aromatic heterocycles. The number of nitrogens with two attached hydrogens (primary N) is 1. The van der Waals surface area contributed by atoms with Crippen molar-refractivity contribution in [1.82, 2.24) is 0 Å². The molecule has 2 unspecified atom stereocenters. The van der Waals surface area contributed by atoms with E-state index in [1.807, 2.05) is 0 Å². The van der Waals surface area contributed by atoms with Gasteiger partial charge in [-0.05, 0) is 12.8 Å². The molecule has 0 saturated heterocycles. The van der Waals surface area contributed by atoms with Crippen molar-refractivity contribution in [3.05, 3.63) is 0 Å². The van der Waals surface area contributed by atoms with Crippen LogP contribution in [0.5, 0.6) is 0 Å². The maximum atomic E-state index is 12.3. The number of ether oxygens (including phenoxy) is 2. The molecule has 0 bridgehead atoms. The summed E-state index contributed by atoms with van der Waals surface area (Å²) in [6, 6.07) is 0. The maximum absolute atomic E-state index is 12.3. The summed E-state index contributed by atoms with van der Waals surface area (Å²) in [4.78, 5) is 34.0. The normalized spacial score (nSPS) is 13.8. The van der Waals surface area contributed by atoms with Gasteiger partial charge >= 0.3 is 19.8 Å². The van der Waals surface area contributed by atoms with Crippen LogP contribution >= 0.6 is 7.82 Å². The first kappa shape index (κ1) is 35.0. The van der Waals surface area contributed by atoms with Crippen molar-refractivity contribution in [3.8, 4) is 0 Å². The van der Waals surface area contributed by atoms with E-state index in [9.17, 15) is 19.0 Å². The predicted octanol–water partition coefficient (Wildman–Crippen LogP) is 6.21. The number of hydrogen-bond donors (Lipinski definition) is 2. The Morgan fingerprint density at radius 1 is 0.722 bits per heavy atom. The molecule has 0 aliphatic heterocycles. The minimum atomic E-state index is -4.34. The van der Waals surface area contributed by atoms with E-state index < -0.39 is 32.5 Å². The average Bonchev–Trinajstić information content (AvgIpc) is 2.85. The van der Waals surface area contributed by atoms with Gasteiger partial charge in [0.2, 0.25) is 0 Å². The van der Waals surface area contributed by atoms with Gasteiger partial charge in [0.15, 0.2) is 6.10 Å². The van der Waals surface area contributed by atoms with Crippen LogP contribution in [0.1, 0.15) is 123 Å². The fraction of sp³-hybridized carbons (Fsp3) is 0.923. The Bertz CT molecular complexity index is 590. The highest BCUT2D eigenvalue weighted by Crippen LogP contribution is 2.43. The van der Waals surface area contributed by atoms with Crippen molar-refractivity contribution in [2.24, 2.45) is 5.73 Å². The summed E-state index contributed by atoms with van der Waals surface area (Å²) in [7, 11) is -4.34. The maximum Gasteiger partial charge on any atom is 0.472 e. The van der Waals surface area contributed by atoms with Crippen LogP contribution in [-0.4, -0.2) is 49.3 Å². The van der Waals surface area contributed by atoms with Gasteiger partial charge in [-0.3, -0.25) is 18.6 Å². The van der Waals surface area contributed by atoms with Gasteiger partial charge in [-0.1, -0.05) is 97.3 Å². The van der Waals surface area contributed by atoms with Crippen molar-refractivity contribution < 1.29 is 37.6 Å². The number of unbranched alkanes of at least 4 members (excludes halogenated alkanes) is 13. The van der Waals surface area contributed by atoms with Gasteiger partial charge in [-0.2, -0.15) is 0 Å². The Kier molecular flexibility index (Phi) is 23.7. The first-order valence-corrected chi connectivity index (χ1v) is 15.5. The molecular weight excluding hydrogens is 485 g/mol. The van der Waals surface area contributed by atoms with Crippen LogP contribution in [0.2, 0.25) is 0 Å². The summed E-state index contributed by atoms with van der Waals surface area (Å²) in [5.74, 6) is -0.844. The third-order valence-corrected chi connectivity index (χ3v) is 6.73. The van der Waals surface area contributed by atoms with Gasteiger partial charge < -0.3 is 20.1 Å². The van der Waals surface area contributed by atoms with Crippen molar-refractivity contribution in [3.63, 3.8) is 0 Å². The number of esters is 2. The van der Waals surface area contributed by atoms with Gasteiger partial charge in [-0.15, -0.1) is 0 Å². The smallest absolute Gasteiger partial charge is 0.462 e. The highest BCUT2D eigenvalue weighted by molar-refractivity contribution is 7.47. The third-order valence-electron chi connectivity index (χ3n) is 5.74. The summed E-state index contributed by atoms with van der Waals surface area (Å²) in [6.45, 7) is 3.58. The summed E-state index contributed by atoms with van der Waals surface area (Å²) in [5.41, 5.74) is 5.27. The van der Waals surface area contributed by atoms with E-state index >= 15 is 0 Å². The molecule has 2 atom stereocenters. The molecule has 214 valence electrons. The molecule has 0 rings (SSSR count). The number of phosphoric acid groups is 1. The van der Waals surface area contributed by atoms with E-state index in [-0.39, 0.29) is 32.6 Å². The van der Waals surface area contributed by atoms with Crippen LogP contribution in [0.4, 0.5) is 0 Å². The Balaban J connectivity index is 4.35. The fourth-order valence-corrected chi connectivity index (χ4v) is 4.40. The van der Waals surface area contributed by atoms with Gasteiger partial charge in [0.05, 0.1) is 13.2 Å². The van der Waals surface area contributed by atoms with Crippen LogP contribution in [0.15, 0.2) is 0 Å². The molecule has 0 spiro atoms. The highest BCUT2D eigenvalue weighted by Gasteiger charge is 2.25. The number of hydrogen-bond acceptors (Lipinski definition) is 8.